The van der Waals surface area contributed by atoms with Crippen LogP contribution in [0.3, 0.4) is 0 Å². The maximum atomic E-state index is 13.3. The van der Waals surface area contributed by atoms with Crippen LogP contribution >= 0.6 is 0 Å². The number of rotatable bonds is 4. The van der Waals surface area contributed by atoms with Crippen LogP contribution in [-0.4, -0.2) is 19.7 Å². The molecule has 0 atom stereocenters. The van der Waals surface area contributed by atoms with Gasteiger partial charge in [-0.05, 0) is 17.7 Å². The number of fused-ring (bicyclic) bond motifs is 1. The molecule has 0 unspecified atom stereocenters. The van der Waals surface area contributed by atoms with Crippen LogP contribution in [-0.2, 0) is 12.7 Å². The van der Waals surface area contributed by atoms with Crippen LogP contribution in [0.1, 0.15) is 11.4 Å². The van der Waals surface area contributed by atoms with Gasteiger partial charge in [-0.3, -0.25) is 0 Å². The van der Waals surface area contributed by atoms with Crippen molar-refractivity contribution in [1.29, 1.82) is 0 Å². The molecule has 0 radical (unpaired) electrons. The molecule has 0 aliphatic heterocycles. The Morgan fingerprint density at radius 3 is 2.22 bits per heavy atom. The average molecular weight is 369 g/mol. The Morgan fingerprint density at radius 2 is 1.56 bits per heavy atom. The minimum Gasteiger partial charge on any atom is -0.340 e. The first kappa shape index (κ1) is 17.0. The van der Waals surface area contributed by atoms with Gasteiger partial charge in [-0.1, -0.05) is 48.5 Å². The van der Waals surface area contributed by atoms with Crippen molar-refractivity contribution in [2.75, 3.05) is 5.32 Å². The van der Waals surface area contributed by atoms with Crippen LogP contribution in [0, 0.1) is 0 Å². The van der Waals surface area contributed by atoms with Crippen LogP contribution in [0.4, 0.5) is 24.7 Å². The number of nitrogens with one attached hydrogen (secondary N) is 1. The topological polar surface area (TPSA) is 55.6 Å². The second kappa shape index (κ2) is 6.71. The number of halogens is 3. The molecular weight excluding hydrogens is 355 g/mol. The van der Waals surface area contributed by atoms with Crippen LogP contribution < -0.4 is 5.32 Å². The first-order valence-electron chi connectivity index (χ1n) is 8.17. The van der Waals surface area contributed by atoms with Crippen molar-refractivity contribution < 1.29 is 13.2 Å². The zero-order chi connectivity index (χ0) is 18.9. The second-order valence-corrected chi connectivity index (χ2v) is 5.91. The lowest BCUT2D eigenvalue weighted by Crippen LogP contribution is -2.14. The highest BCUT2D eigenvalue weighted by Gasteiger charge is 2.36. The van der Waals surface area contributed by atoms with Gasteiger partial charge in [0.15, 0.2) is 5.65 Å². The Morgan fingerprint density at radius 1 is 0.889 bits per heavy atom. The number of hydrogen-bond donors (Lipinski definition) is 1. The van der Waals surface area contributed by atoms with E-state index in [0.717, 1.165) is 5.56 Å². The van der Waals surface area contributed by atoms with Gasteiger partial charge in [-0.2, -0.15) is 18.3 Å². The standard InChI is InChI=1S/C19H14F3N5/c20-19(21,22)18-25-16(24-14-9-5-2-6-10-14)15-11-23-27(17(15)26-18)12-13-7-3-1-4-8-13/h1-11H,12H2,(H,24,25,26). The maximum Gasteiger partial charge on any atom is 0.451 e. The van der Waals surface area contributed by atoms with Crippen molar-refractivity contribution in [1.82, 2.24) is 19.7 Å². The van der Waals surface area contributed by atoms with Crippen LogP contribution in [0.5, 0.6) is 0 Å². The summed E-state index contributed by atoms with van der Waals surface area (Å²) < 4.78 is 41.4. The average Bonchev–Trinajstić information content (AvgIpc) is 3.06. The van der Waals surface area contributed by atoms with Crippen molar-refractivity contribution in [3.63, 3.8) is 0 Å². The van der Waals surface area contributed by atoms with Crippen molar-refractivity contribution in [2.45, 2.75) is 12.7 Å². The first-order valence-corrected chi connectivity index (χ1v) is 8.17. The predicted octanol–water partition coefficient (Wildman–Crippen LogP) is 4.64. The van der Waals surface area contributed by atoms with Gasteiger partial charge in [0, 0.05) is 5.69 Å². The molecule has 5 nitrogen and oxygen atoms in total. The van der Waals surface area contributed by atoms with Crippen molar-refractivity contribution >= 4 is 22.5 Å². The summed E-state index contributed by atoms with van der Waals surface area (Å²) in [5, 5.41) is 7.57. The van der Waals surface area contributed by atoms with Crippen LogP contribution in [0.15, 0.2) is 66.9 Å². The predicted molar refractivity (Wildman–Crippen MR) is 95.6 cm³/mol. The van der Waals surface area contributed by atoms with Gasteiger partial charge in [-0.15, -0.1) is 0 Å². The number of alkyl halides is 3. The fourth-order valence-electron chi connectivity index (χ4n) is 2.71. The Labute approximate surface area is 152 Å². The normalized spacial score (nSPS) is 11.7. The van der Waals surface area contributed by atoms with Gasteiger partial charge >= 0.3 is 6.18 Å². The molecule has 4 rings (SSSR count). The zero-order valence-electron chi connectivity index (χ0n) is 14.0. The molecule has 2 aromatic carbocycles. The van der Waals surface area contributed by atoms with E-state index in [1.165, 1.54) is 10.9 Å². The second-order valence-electron chi connectivity index (χ2n) is 5.91. The summed E-state index contributed by atoms with van der Waals surface area (Å²) >= 11 is 0. The molecule has 0 aliphatic carbocycles. The third-order valence-corrected chi connectivity index (χ3v) is 3.96. The summed E-state index contributed by atoms with van der Waals surface area (Å²) in [6, 6.07) is 18.2. The SMILES string of the molecule is FC(F)(F)c1nc(Nc2ccccc2)c2cnn(Cc3ccccc3)c2n1. The van der Waals surface area contributed by atoms with E-state index in [1.807, 2.05) is 36.4 Å². The lowest BCUT2D eigenvalue weighted by Gasteiger charge is -2.11. The number of hydrogen-bond acceptors (Lipinski definition) is 4. The molecule has 0 amide bonds. The molecule has 2 heterocycles. The number of aromatic nitrogens is 4. The first-order chi connectivity index (χ1) is 13.0. The summed E-state index contributed by atoms with van der Waals surface area (Å²) in [6.45, 7) is 0.309. The van der Waals surface area contributed by atoms with Gasteiger partial charge < -0.3 is 5.32 Å². The molecule has 8 heteroatoms. The number of nitrogens with zero attached hydrogens (tertiary/aromatic N) is 4. The highest BCUT2D eigenvalue weighted by molar-refractivity contribution is 5.88. The Bertz CT molecular complexity index is 1060. The third-order valence-electron chi connectivity index (χ3n) is 3.96. The zero-order valence-corrected chi connectivity index (χ0v) is 14.0. The Hall–Kier alpha value is -3.42. The summed E-state index contributed by atoms with van der Waals surface area (Å²) in [4.78, 5) is 7.42. The number of anilines is 2. The lowest BCUT2D eigenvalue weighted by molar-refractivity contribution is -0.144. The van der Waals surface area contributed by atoms with E-state index in [9.17, 15) is 13.2 Å². The molecule has 0 bridgehead atoms. The quantitative estimate of drug-likeness (QED) is 0.570. The van der Waals surface area contributed by atoms with Gasteiger partial charge in [0.05, 0.1) is 18.1 Å². The molecule has 0 aliphatic rings. The van der Waals surface area contributed by atoms with E-state index in [1.54, 1.807) is 24.3 Å². The molecular formula is C19H14F3N5. The molecule has 0 saturated heterocycles. The monoisotopic (exact) mass is 369 g/mol. The fraction of sp³-hybridized carbons (Fsp3) is 0.105. The summed E-state index contributed by atoms with van der Waals surface area (Å²) in [7, 11) is 0. The van der Waals surface area contributed by atoms with Gasteiger partial charge in [0.2, 0.25) is 5.82 Å². The Balaban J connectivity index is 1.82. The molecule has 1 N–H and O–H groups in total. The fourth-order valence-corrected chi connectivity index (χ4v) is 2.71. The lowest BCUT2D eigenvalue weighted by atomic mass is 10.2. The van der Waals surface area contributed by atoms with Crippen molar-refractivity contribution in [3.05, 3.63) is 78.2 Å². The molecule has 4 aromatic rings. The van der Waals surface area contributed by atoms with E-state index >= 15 is 0 Å². The Kier molecular flexibility index (Phi) is 4.23. The number of para-hydroxylation sites is 1. The van der Waals surface area contributed by atoms with E-state index in [-0.39, 0.29) is 11.5 Å². The van der Waals surface area contributed by atoms with Gasteiger partial charge in [0.25, 0.3) is 0 Å². The smallest absolute Gasteiger partial charge is 0.340 e. The highest BCUT2D eigenvalue weighted by atomic mass is 19.4. The van der Waals surface area contributed by atoms with E-state index < -0.39 is 12.0 Å². The van der Waals surface area contributed by atoms with E-state index in [4.69, 9.17) is 0 Å². The molecule has 0 spiro atoms. The summed E-state index contributed by atoms with van der Waals surface area (Å²) in [5.74, 6) is -1.14. The van der Waals surface area contributed by atoms with Crippen molar-refractivity contribution in [2.24, 2.45) is 0 Å². The van der Waals surface area contributed by atoms with Crippen LogP contribution in [0.25, 0.3) is 11.0 Å². The van der Waals surface area contributed by atoms with Crippen LogP contribution in [0.2, 0.25) is 0 Å². The van der Waals surface area contributed by atoms with E-state index in [0.29, 0.717) is 17.6 Å². The minimum atomic E-state index is -4.66. The molecule has 0 saturated carbocycles. The van der Waals surface area contributed by atoms with E-state index in [2.05, 4.69) is 20.4 Å². The minimum absolute atomic E-state index is 0.0674. The van der Waals surface area contributed by atoms with Gasteiger partial charge in [0.1, 0.15) is 5.82 Å². The molecule has 2 aromatic heterocycles. The number of benzene rings is 2. The third kappa shape index (κ3) is 3.59. The van der Waals surface area contributed by atoms with Crippen molar-refractivity contribution in [3.8, 4) is 0 Å². The summed E-state index contributed by atoms with van der Waals surface area (Å²) in [5.41, 5.74) is 1.66. The van der Waals surface area contributed by atoms with Gasteiger partial charge in [-0.25, -0.2) is 14.6 Å². The molecule has 0 fully saturated rings. The molecule has 136 valence electrons. The largest absolute Gasteiger partial charge is 0.451 e. The molecule has 27 heavy (non-hydrogen) atoms. The maximum absolute atomic E-state index is 13.3. The summed E-state index contributed by atoms with van der Waals surface area (Å²) in [6.07, 6.45) is -3.19. The highest BCUT2D eigenvalue weighted by Crippen LogP contribution is 2.31.